The largest absolute Gasteiger partial charge is 0.493 e. The number of aromatic nitrogens is 1. The van der Waals surface area contributed by atoms with Crippen molar-refractivity contribution < 1.29 is 52.3 Å². The van der Waals surface area contributed by atoms with Gasteiger partial charge in [-0.3, -0.25) is 10.1 Å². The van der Waals surface area contributed by atoms with Crippen molar-refractivity contribution in [3.05, 3.63) is 76.2 Å². The van der Waals surface area contributed by atoms with Crippen LogP contribution in [0.3, 0.4) is 0 Å². The summed E-state index contributed by atoms with van der Waals surface area (Å²) in [4.78, 5) is 46.1. The van der Waals surface area contributed by atoms with E-state index in [0.29, 0.717) is 70.6 Å². The summed E-state index contributed by atoms with van der Waals surface area (Å²) in [7, 11) is 7.23. The minimum Gasteiger partial charge on any atom is -0.493 e. The molecular weight excluding hydrogens is 664 g/mol. The maximum absolute atomic E-state index is 14.2. The number of pyridine rings is 1. The van der Waals surface area contributed by atoms with E-state index in [1.807, 2.05) is 0 Å². The first-order valence-corrected chi connectivity index (χ1v) is 16.0. The summed E-state index contributed by atoms with van der Waals surface area (Å²) in [6.07, 6.45) is -0.599. The molecule has 0 unspecified atom stereocenters. The lowest BCUT2D eigenvalue weighted by Gasteiger charge is -2.21. The van der Waals surface area contributed by atoms with Crippen LogP contribution in [0.2, 0.25) is 0 Å². The smallest absolute Gasteiger partial charge is 0.412 e. The number of fused-ring (bicyclic) bond motifs is 1. The molecule has 0 atom stereocenters. The number of anilines is 1. The number of methoxy groups -OCH3 is 5. The monoisotopic (exact) mass is 708 g/mol. The molecule has 0 aliphatic rings. The third-order valence-corrected chi connectivity index (χ3v) is 7.34. The molecule has 0 fully saturated rings. The van der Waals surface area contributed by atoms with Gasteiger partial charge < -0.3 is 42.7 Å². The normalized spacial score (nSPS) is 11.1. The van der Waals surface area contributed by atoms with Crippen molar-refractivity contribution in [2.75, 3.05) is 67.3 Å². The zero-order chi connectivity index (χ0) is 37.1. The Morgan fingerprint density at radius 3 is 2.04 bits per heavy atom. The quantitative estimate of drug-likeness (QED) is 0.116. The summed E-state index contributed by atoms with van der Waals surface area (Å²) in [5.41, 5.74) is 0.417. The number of benzene rings is 3. The Hall–Kier alpha value is -5.47. The Morgan fingerprint density at radius 1 is 0.784 bits per heavy atom. The van der Waals surface area contributed by atoms with Gasteiger partial charge in [0, 0.05) is 18.4 Å². The predicted molar refractivity (Wildman–Crippen MR) is 189 cm³/mol. The fourth-order valence-corrected chi connectivity index (χ4v) is 5.08. The molecular formula is C37H44N2O12. The van der Waals surface area contributed by atoms with E-state index in [1.54, 1.807) is 82.5 Å². The topological polar surface area (TPSA) is 151 Å². The third kappa shape index (κ3) is 9.61. The Bertz CT molecular complexity index is 1860. The molecule has 3 aromatic carbocycles. The van der Waals surface area contributed by atoms with Crippen LogP contribution in [0.15, 0.2) is 59.4 Å². The van der Waals surface area contributed by atoms with Gasteiger partial charge in [-0.05, 0) is 79.7 Å². The second kappa shape index (κ2) is 17.5. The second-order valence-electron chi connectivity index (χ2n) is 12.0. The van der Waals surface area contributed by atoms with Gasteiger partial charge in [0.1, 0.15) is 24.6 Å². The highest BCUT2D eigenvalue weighted by molar-refractivity contribution is 6.07. The van der Waals surface area contributed by atoms with Gasteiger partial charge in [0.25, 0.3) is 5.56 Å². The number of amides is 1. The summed E-state index contributed by atoms with van der Waals surface area (Å²) in [6.45, 7) is 6.57. The number of carbonyl (C=O) groups excluding carboxylic acids is 2. The van der Waals surface area contributed by atoms with Crippen LogP contribution in [0, 0.1) is 0 Å². The highest BCUT2D eigenvalue weighted by Crippen LogP contribution is 2.43. The predicted octanol–water partition coefficient (Wildman–Crippen LogP) is 5.50. The third-order valence-electron chi connectivity index (χ3n) is 7.34. The molecule has 4 aromatic rings. The number of esters is 1. The standard InChI is InChI=1S/C37H44N2O12/c1-37(2,3)51-36(42)38-25-11-9-23(10-12-25)22-50-39-32(35(41)47-8)31(24-19-29(44-5)33(46-7)30(20-24)45-6)27-14-13-26(21-28(27)34(39)40)49-18-17-48-16-15-43-4/h9-14,19-21H,15-18,22H2,1-8H3,(H,38,42). The van der Waals surface area contributed by atoms with Crippen LogP contribution < -0.4 is 34.7 Å². The average Bonchev–Trinajstić information content (AvgIpc) is 3.11. The van der Waals surface area contributed by atoms with Gasteiger partial charge in [0.2, 0.25) is 5.75 Å². The minimum atomic E-state index is -0.830. The van der Waals surface area contributed by atoms with E-state index in [2.05, 4.69) is 5.32 Å². The first-order valence-electron chi connectivity index (χ1n) is 16.0. The van der Waals surface area contributed by atoms with E-state index < -0.39 is 23.2 Å². The number of hydrogen-bond donors (Lipinski definition) is 1. The van der Waals surface area contributed by atoms with E-state index in [4.69, 9.17) is 42.7 Å². The first kappa shape index (κ1) is 38.3. The van der Waals surface area contributed by atoms with Gasteiger partial charge in [-0.1, -0.05) is 12.1 Å². The van der Waals surface area contributed by atoms with E-state index in [9.17, 15) is 14.4 Å². The Kier molecular flexibility index (Phi) is 13.1. The summed E-state index contributed by atoms with van der Waals surface area (Å²) >= 11 is 0. The van der Waals surface area contributed by atoms with Gasteiger partial charge in [0.15, 0.2) is 17.2 Å². The van der Waals surface area contributed by atoms with E-state index in [0.717, 1.165) is 4.73 Å². The van der Waals surface area contributed by atoms with Crippen LogP contribution >= 0.6 is 0 Å². The van der Waals surface area contributed by atoms with Crippen molar-refractivity contribution in [3.63, 3.8) is 0 Å². The Balaban J connectivity index is 1.82. The number of nitrogens with zero attached hydrogens (tertiary/aromatic N) is 1. The van der Waals surface area contributed by atoms with E-state index in [1.165, 1.54) is 28.4 Å². The molecule has 1 N–H and O–H groups in total. The van der Waals surface area contributed by atoms with E-state index in [-0.39, 0.29) is 24.3 Å². The zero-order valence-electron chi connectivity index (χ0n) is 30.1. The van der Waals surface area contributed by atoms with Crippen molar-refractivity contribution in [1.29, 1.82) is 0 Å². The molecule has 0 saturated carbocycles. The van der Waals surface area contributed by atoms with Gasteiger partial charge >= 0.3 is 12.1 Å². The number of hydrogen-bond acceptors (Lipinski definition) is 12. The average molecular weight is 709 g/mol. The summed E-state index contributed by atoms with van der Waals surface area (Å²) in [5.74, 6) is 0.552. The fourth-order valence-electron chi connectivity index (χ4n) is 5.08. The zero-order valence-corrected chi connectivity index (χ0v) is 30.1. The molecule has 51 heavy (non-hydrogen) atoms. The van der Waals surface area contributed by atoms with Crippen LogP contribution in [0.4, 0.5) is 10.5 Å². The lowest BCUT2D eigenvalue weighted by atomic mass is 9.96. The van der Waals surface area contributed by atoms with Crippen LogP contribution in [0.5, 0.6) is 23.0 Å². The highest BCUT2D eigenvalue weighted by Gasteiger charge is 2.28. The lowest BCUT2D eigenvalue weighted by molar-refractivity contribution is 0.0466. The fraction of sp³-hybridized carbons (Fsp3) is 0.378. The minimum absolute atomic E-state index is 0.133. The molecule has 0 bridgehead atoms. The molecule has 0 aliphatic carbocycles. The molecule has 0 radical (unpaired) electrons. The second-order valence-corrected chi connectivity index (χ2v) is 12.0. The van der Waals surface area contributed by atoms with Gasteiger partial charge in [-0.25, -0.2) is 9.59 Å². The maximum Gasteiger partial charge on any atom is 0.412 e. The van der Waals surface area contributed by atoms with Gasteiger partial charge in [-0.15, -0.1) is 4.73 Å². The number of rotatable bonds is 16. The molecule has 14 nitrogen and oxygen atoms in total. The summed E-state index contributed by atoms with van der Waals surface area (Å²) < 4.78 is 44.5. The molecule has 1 heterocycles. The molecule has 1 amide bonds. The van der Waals surface area contributed by atoms with Crippen molar-refractivity contribution in [2.45, 2.75) is 33.0 Å². The van der Waals surface area contributed by atoms with E-state index >= 15 is 0 Å². The summed E-state index contributed by atoms with van der Waals surface area (Å²) in [6, 6.07) is 15.0. The molecule has 0 spiro atoms. The molecule has 1 aromatic heterocycles. The summed E-state index contributed by atoms with van der Waals surface area (Å²) in [5, 5.41) is 3.28. The number of nitrogens with one attached hydrogen (secondary N) is 1. The highest BCUT2D eigenvalue weighted by atomic mass is 16.7. The molecule has 14 heteroatoms. The Morgan fingerprint density at radius 2 is 1.45 bits per heavy atom. The maximum atomic E-state index is 14.2. The van der Waals surface area contributed by atoms with Crippen LogP contribution in [0.1, 0.15) is 36.8 Å². The van der Waals surface area contributed by atoms with Gasteiger partial charge in [-0.2, -0.15) is 0 Å². The molecule has 0 saturated heterocycles. The Labute approximate surface area is 296 Å². The number of carbonyl (C=O) groups is 2. The molecule has 0 aliphatic heterocycles. The van der Waals surface area contributed by atoms with Crippen LogP contribution in [-0.4, -0.2) is 84.4 Å². The van der Waals surface area contributed by atoms with Crippen LogP contribution in [-0.2, 0) is 25.6 Å². The van der Waals surface area contributed by atoms with Crippen molar-refractivity contribution in [2.24, 2.45) is 0 Å². The lowest BCUT2D eigenvalue weighted by Crippen LogP contribution is -2.33. The molecule has 4 rings (SSSR count). The van der Waals surface area contributed by atoms with Crippen LogP contribution in [0.25, 0.3) is 21.9 Å². The SMILES string of the molecule is COCCOCCOc1ccc2c(-c3cc(OC)c(OC)c(OC)c3)c(C(=O)OC)n(OCc3ccc(NC(=O)OC(C)(C)C)cc3)c(=O)c2c1. The van der Waals surface area contributed by atoms with Crippen molar-refractivity contribution in [1.82, 2.24) is 4.73 Å². The van der Waals surface area contributed by atoms with Crippen molar-refractivity contribution in [3.8, 4) is 34.1 Å². The molecule has 274 valence electrons. The van der Waals surface area contributed by atoms with Gasteiger partial charge in [0.05, 0.1) is 53.6 Å². The number of ether oxygens (including phenoxy) is 8. The van der Waals surface area contributed by atoms with Crippen molar-refractivity contribution >= 4 is 28.5 Å². The first-order chi connectivity index (χ1) is 24.4.